The molecule has 0 saturated carbocycles. The number of nitrogens with zero attached hydrogens (tertiary/aromatic N) is 3. The Kier molecular flexibility index (Phi) is 6.41. The van der Waals surface area contributed by atoms with Crippen molar-refractivity contribution in [2.24, 2.45) is 0 Å². The molecule has 0 radical (unpaired) electrons. The lowest BCUT2D eigenvalue weighted by Gasteiger charge is -2.16. The van der Waals surface area contributed by atoms with E-state index >= 15 is 0 Å². The van der Waals surface area contributed by atoms with Crippen molar-refractivity contribution in [2.45, 2.75) is 30.8 Å². The highest BCUT2D eigenvalue weighted by Crippen LogP contribution is 2.25. The van der Waals surface area contributed by atoms with Crippen LogP contribution in [0.2, 0.25) is 5.02 Å². The zero-order valence-corrected chi connectivity index (χ0v) is 18.4. The minimum atomic E-state index is -3.62. The van der Waals surface area contributed by atoms with Crippen LogP contribution in [0.3, 0.4) is 0 Å². The largest absolute Gasteiger partial charge is 0.348 e. The zero-order valence-electron chi connectivity index (χ0n) is 16.9. The van der Waals surface area contributed by atoms with Crippen LogP contribution in [0.25, 0.3) is 0 Å². The van der Waals surface area contributed by atoms with Gasteiger partial charge >= 0.3 is 0 Å². The first-order valence-electron chi connectivity index (χ1n) is 10.1. The molecule has 4 rings (SSSR count). The van der Waals surface area contributed by atoms with Crippen LogP contribution >= 0.6 is 11.6 Å². The van der Waals surface area contributed by atoms with Gasteiger partial charge in [0, 0.05) is 32.0 Å². The van der Waals surface area contributed by atoms with Crippen molar-refractivity contribution < 1.29 is 13.2 Å². The molecular weight excluding hydrogens is 436 g/mol. The number of nitrogens with one attached hydrogen (secondary N) is 1. The van der Waals surface area contributed by atoms with E-state index in [1.165, 1.54) is 22.5 Å². The molecule has 0 unspecified atom stereocenters. The molecule has 7 nitrogen and oxygen atoms in total. The highest BCUT2D eigenvalue weighted by molar-refractivity contribution is 7.89. The van der Waals surface area contributed by atoms with Gasteiger partial charge in [0.05, 0.1) is 22.0 Å². The van der Waals surface area contributed by atoms with Crippen molar-refractivity contribution in [3.63, 3.8) is 0 Å². The molecule has 1 N–H and O–H groups in total. The summed E-state index contributed by atoms with van der Waals surface area (Å²) in [5.41, 5.74) is 2.17. The van der Waals surface area contributed by atoms with Gasteiger partial charge in [-0.1, -0.05) is 35.9 Å². The normalized spacial score (nSPS) is 14.6. The van der Waals surface area contributed by atoms with E-state index in [-0.39, 0.29) is 15.5 Å². The molecular formula is C22H23ClN4O3S. The molecule has 1 amide bonds. The highest BCUT2D eigenvalue weighted by atomic mass is 35.5. The lowest BCUT2D eigenvalue weighted by molar-refractivity contribution is 0.0951. The number of hydrogen-bond donors (Lipinski definition) is 1. The summed E-state index contributed by atoms with van der Waals surface area (Å²) in [4.78, 5) is 12.8. The Labute approximate surface area is 186 Å². The average molecular weight is 459 g/mol. The van der Waals surface area contributed by atoms with E-state index in [2.05, 4.69) is 10.4 Å². The first-order chi connectivity index (χ1) is 14.9. The summed E-state index contributed by atoms with van der Waals surface area (Å²) in [7, 11) is -3.62. The third-order valence-corrected chi connectivity index (χ3v) is 7.49. The van der Waals surface area contributed by atoms with E-state index in [4.69, 9.17) is 11.6 Å². The number of carbonyl (C=O) groups is 1. The van der Waals surface area contributed by atoms with E-state index in [1.807, 2.05) is 41.2 Å². The Hall–Kier alpha value is -2.68. The van der Waals surface area contributed by atoms with Crippen molar-refractivity contribution in [2.75, 3.05) is 13.1 Å². The van der Waals surface area contributed by atoms with Crippen LogP contribution in [-0.4, -0.2) is 41.5 Å². The number of aromatic nitrogens is 2. The maximum atomic E-state index is 12.8. The van der Waals surface area contributed by atoms with Crippen LogP contribution in [0.5, 0.6) is 0 Å². The molecule has 0 atom stereocenters. The zero-order chi connectivity index (χ0) is 21.8. The summed E-state index contributed by atoms with van der Waals surface area (Å²) in [5, 5.41) is 7.22. The Morgan fingerprint density at radius 3 is 2.45 bits per heavy atom. The summed E-state index contributed by atoms with van der Waals surface area (Å²) in [6.07, 6.45) is 5.33. The molecule has 9 heteroatoms. The Morgan fingerprint density at radius 1 is 1.06 bits per heavy atom. The van der Waals surface area contributed by atoms with Gasteiger partial charge in [-0.15, -0.1) is 0 Å². The predicted octanol–water partition coefficient (Wildman–Crippen LogP) is 3.30. The van der Waals surface area contributed by atoms with Gasteiger partial charge in [0.25, 0.3) is 5.91 Å². The summed E-state index contributed by atoms with van der Waals surface area (Å²) in [6, 6.07) is 14.0. The lowest BCUT2D eigenvalue weighted by Crippen LogP contribution is -2.28. The molecule has 0 bridgehead atoms. The second kappa shape index (κ2) is 9.21. The van der Waals surface area contributed by atoms with Crippen LogP contribution in [0.15, 0.2) is 65.8 Å². The highest BCUT2D eigenvalue weighted by Gasteiger charge is 2.28. The van der Waals surface area contributed by atoms with Crippen molar-refractivity contribution in [3.8, 4) is 0 Å². The molecule has 162 valence electrons. The second-order valence-electron chi connectivity index (χ2n) is 7.46. The molecule has 3 aromatic rings. The van der Waals surface area contributed by atoms with Gasteiger partial charge in [-0.3, -0.25) is 9.48 Å². The van der Waals surface area contributed by atoms with Gasteiger partial charge in [-0.2, -0.15) is 9.40 Å². The van der Waals surface area contributed by atoms with Gasteiger partial charge in [-0.05, 0) is 48.2 Å². The Bertz CT molecular complexity index is 1160. The van der Waals surface area contributed by atoms with Crippen molar-refractivity contribution in [3.05, 3.63) is 82.6 Å². The molecule has 1 aliphatic rings. The Balaban J connectivity index is 1.42. The number of carbonyl (C=O) groups excluding carboxylic acids is 1. The summed E-state index contributed by atoms with van der Waals surface area (Å²) in [5.74, 6) is -0.413. The molecule has 1 aromatic heterocycles. The number of benzene rings is 2. The molecule has 1 fully saturated rings. The average Bonchev–Trinajstić information content (AvgIpc) is 3.48. The summed E-state index contributed by atoms with van der Waals surface area (Å²) in [6.45, 7) is 1.99. The van der Waals surface area contributed by atoms with Crippen molar-refractivity contribution in [1.82, 2.24) is 19.4 Å². The van der Waals surface area contributed by atoms with E-state index in [1.54, 1.807) is 6.20 Å². The number of rotatable bonds is 7. The van der Waals surface area contributed by atoms with Gasteiger partial charge in [0.1, 0.15) is 0 Å². The molecule has 1 saturated heterocycles. The standard InChI is InChI=1S/C22H23ClN4O3S/c23-21-9-8-19(31(29,30)27-12-1-2-13-27)14-20(21)22(28)24-15-17-4-6-18(7-5-17)16-26-11-3-10-25-26/h3-11,14H,1-2,12-13,15-16H2,(H,24,28). The number of amides is 1. The van der Waals surface area contributed by atoms with Gasteiger partial charge in [-0.25, -0.2) is 8.42 Å². The molecule has 31 heavy (non-hydrogen) atoms. The first-order valence-corrected chi connectivity index (χ1v) is 11.9. The topological polar surface area (TPSA) is 84.3 Å². The smallest absolute Gasteiger partial charge is 0.253 e. The van der Waals surface area contributed by atoms with Crippen molar-refractivity contribution in [1.29, 1.82) is 0 Å². The fourth-order valence-electron chi connectivity index (χ4n) is 3.54. The number of halogens is 1. The van der Waals surface area contributed by atoms with E-state index in [9.17, 15) is 13.2 Å². The fraction of sp³-hybridized carbons (Fsp3) is 0.273. The molecule has 2 heterocycles. The van der Waals surface area contributed by atoms with Crippen LogP contribution in [-0.2, 0) is 23.1 Å². The van der Waals surface area contributed by atoms with Gasteiger partial charge in [0.15, 0.2) is 0 Å². The van der Waals surface area contributed by atoms with E-state index in [0.717, 1.165) is 24.0 Å². The van der Waals surface area contributed by atoms with Gasteiger partial charge in [0.2, 0.25) is 10.0 Å². The third kappa shape index (κ3) is 4.98. The van der Waals surface area contributed by atoms with E-state index < -0.39 is 15.9 Å². The third-order valence-electron chi connectivity index (χ3n) is 5.27. The minimum Gasteiger partial charge on any atom is -0.348 e. The van der Waals surface area contributed by atoms with Crippen LogP contribution in [0.1, 0.15) is 34.3 Å². The van der Waals surface area contributed by atoms with Gasteiger partial charge < -0.3 is 5.32 Å². The molecule has 0 spiro atoms. The summed E-state index contributed by atoms with van der Waals surface area (Å²) < 4.78 is 28.9. The SMILES string of the molecule is O=C(NCc1ccc(Cn2cccn2)cc1)c1cc(S(=O)(=O)N2CCCC2)ccc1Cl. The quantitative estimate of drug-likeness (QED) is 0.588. The van der Waals surface area contributed by atoms with Crippen LogP contribution in [0, 0.1) is 0 Å². The maximum Gasteiger partial charge on any atom is 0.253 e. The maximum absolute atomic E-state index is 12.8. The summed E-state index contributed by atoms with van der Waals surface area (Å²) >= 11 is 6.19. The molecule has 0 aliphatic carbocycles. The lowest BCUT2D eigenvalue weighted by atomic mass is 10.1. The first kappa shape index (κ1) is 21.5. The Morgan fingerprint density at radius 2 is 1.77 bits per heavy atom. The molecule has 2 aromatic carbocycles. The van der Waals surface area contributed by atoms with Crippen LogP contribution < -0.4 is 5.32 Å². The van der Waals surface area contributed by atoms with E-state index in [0.29, 0.717) is 26.2 Å². The van der Waals surface area contributed by atoms with Crippen molar-refractivity contribution >= 4 is 27.5 Å². The number of hydrogen-bond acceptors (Lipinski definition) is 4. The fourth-order valence-corrected chi connectivity index (χ4v) is 5.28. The minimum absolute atomic E-state index is 0.0897. The monoisotopic (exact) mass is 458 g/mol. The molecule has 1 aliphatic heterocycles. The predicted molar refractivity (Wildman–Crippen MR) is 118 cm³/mol. The number of sulfonamides is 1. The van der Waals surface area contributed by atoms with Crippen LogP contribution in [0.4, 0.5) is 0 Å². The second-order valence-corrected chi connectivity index (χ2v) is 9.80.